The summed E-state index contributed by atoms with van der Waals surface area (Å²) in [5.74, 6) is 1.23. The number of amides is 1. The molecule has 140 valence electrons. The lowest BCUT2D eigenvalue weighted by atomic mass is 9.69. The van der Waals surface area contributed by atoms with Gasteiger partial charge in [-0.3, -0.25) is 4.79 Å². The van der Waals surface area contributed by atoms with Crippen LogP contribution in [0.2, 0.25) is 0 Å². The third-order valence-corrected chi connectivity index (χ3v) is 4.94. The molecule has 0 radical (unpaired) electrons. The van der Waals surface area contributed by atoms with Crippen LogP contribution in [0.5, 0.6) is 0 Å². The zero-order valence-corrected chi connectivity index (χ0v) is 14.8. The maximum atomic E-state index is 11.8. The molecule has 0 unspecified atom stereocenters. The molecule has 4 rings (SSSR count). The van der Waals surface area contributed by atoms with Gasteiger partial charge in [-0.2, -0.15) is 0 Å². The van der Waals surface area contributed by atoms with Gasteiger partial charge in [0.05, 0.1) is 0 Å². The number of hydrogen-bond donors (Lipinski definition) is 2. The molecule has 1 aromatic carbocycles. The van der Waals surface area contributed by atoms with E-state index in [4.69, 9.17) is 14.7 Å². The molecule has 0 bridgehead atoms. The predicted molar refractivity (Wildman–Crippen MR) is 94.6 cm³/mol. The molecule has 0 saturated heterocycles. The minimum absolute atomic E-state index is 0.137. The molecular formula is C19H20N4O4. The molecule has 0 aliphatic heterocycles. The summed E-state index contributed by atoms with van der Waals surface area (Å²) < 4.78 is 10.9. The smallest absolute Gasteiger partial charge is 0.271 e. The number of hydrogen-bond acceptors (Lipinski definition) is 7. The first-order chi connectivity index (χ1) is 13.0. The van der Waals surface area contributed by atoms with Gasteiger partial charge in [0.2, 0.25) is 11.8 Å². The van der Waals surface area contributed by atoms with E-state index >= 15 is 0 Å². The summed E-state index contributed by atoms with van der Waals surface area (Å²) in [5, 5.41) is 21.2. The van der Waals surface area contributed by atoms with E-state index in [9.17, 15) is 9.90 Å². The minimum Gasteiger partial charge on any atom is -0.422 e. The lowest BCUT2D eigenvalue weighted by molar-refractivity contribution is 0.0989. The summed E-state index contributed by atoms with van der Waals surface area (Å²) in [4.78, 5) is 11.8. The van der Waals surface area contributed by atoms with Gasteiger partial charge < -0.3 is 19.8 Å². The first-order valence-electron chi connectivity index (χ1n) is 8.88. The van der Waals surface area contributed by atoms with Gasteiger partial charge in [0, 0.05) is 17.5 Å². The van der Waals surface area contributed by atoms with E-state index in [-0.39, 0.29) is 17.5 Å². The quantitative estimate of drug-likeness (QED) is 0.684. The first-order valence-corrected chi connectivity index (χ1v) is 8.88. The van der Waals surface area contributed by atoms with Gasteiger partial charge in [-0.1, -0.05) is 35.5 Å². The van der Waals surface area contributed by atoms with Crippen LogP contribution in [0.1, 0.15) is 59.6 Å². The Bertz CT molecular complexity index is 942. The summed E-state index contributed by atoms with van der Waals surface area (Å²) in [7, 11) is 0. The third kappa shape index (κ3) is 3.35. The molecule has 1 saturated carbocycles. The summed E-state index contributed by atoms with van der Waals surface area (Å²) in [6, 6.07) is 9.57. The summed E-state index contributed by atoms with van der Waals surface area (Å²) in [6.07, 6.45) is 1.54. The van der Waals surface area contributed by atoms with Gasteiger partial charge in [-0.15, -0.1) is 10.2 Å². The Kier molecular flexibility index (Phi) is 4.49. The van der Waals surface area contributed by atoms with Gasteiger partial charge in [0.15, 0.2) is 11.5 Å². The molecule has 1 aliphatic rings. The molecule has 1 amide bonds. The van der Waals surface area contributed by atoms with Crippen molar-refractivity contribution in [2.75, 3.05) is 0 Å². The van der Waals surface area contributed by atoms with Gasteiger partial charge in [0.25, 0.3) is 5.91 Å². The Morgan fingerprint density at radius 2 is 2.04 bits per heavy atom. The molecule has 3 N–H and O–H groups in total. The Morgan fingerprint density at radius 1 is 1.30 bits per heavy atom. The number of aliphatic hydroxyl groups is 1. The Hall–Kier alpha value is -3.00. The topological polar surface area (TPSA) is 128 Å². The van der Waals surface area contributed by atoms with E-state index in [1.807, 2.05) is 30.3 Å². The maximum Gasteiger partial charge on any atom is 0.271 e. The van der Waals surface area contributed by atoms with Crippen molar-refractivity contribution >= 4 is 5.91 Å². The number of carbonyl (C=O) groups is 1. The number of nitrogens with two attached hydrogens (primary N) is 1. The largest absolute Gasteiger partial charge is 0.422 e. The third-order valence-electron chi connectivity index (χ3n) is 4.94. The van der Waals surface area contributed by atoms with Crippen LogP contribution in [0.3, 0.4) is 0 Å². The highest BCUT2D eigenvalue weighted by Crippen LogP contribution is 2.47. The second-order valence-corrected chi connectivity index (χ2v) is 6.95. The lowest BCUT2D eigenvalue weighted by Gasteiger charge is -2.34. The Labute approximate surface area is 155 Å². The highest BCUT2D eigenvalue weighted by atomic mass is 16.5. The Morgan fingerprint density at radius 3 is 2.67 bits per heavy atom. The monoisotopic (exact) mass is 368 g/mol. The molecule has 8 heteroatoms. The fraction of sp³-hybridized carbons (Fsp3) is 0.368. The highest BCUT2D eigenvalue weighted by Gasteiger charge is 2.38. The van der Waals surface area contributed by atoms with Crippen molar-refractivity contribution in [3.8, 4) is 11.3 Å². The molecule has 0 spiro atoms. The van der Waals surface area contributed by atoms with Crippen LogP contribution in [0.25, 0.3) is 11.3 Å². The lowest BCUT2D eigenvalue weighted by Crippen LogP contribution is -2.26. The van der Waals surface area contributed by atoms with Crippen molar-refractivity contribution < 1.29 is 18.8 Å². The molecule has 1 fully saturated rings. The van der Waals surface area contributed by atoms with E-state index in [2.05, 4.69) is 15.4 Å². The minimum atomic E-state index is -0.774. The van der Waals surface area contributed by atoms with Gasteiger partial charge in [-0.05, 0) is 31.6 Å². The molecular weight excluding hydrogens is 348 g/mol. The normalized spacial score (nSPS) is 20.2. The predicted octanol–water partition coefficient (Wildman–Crippen LogP) is 2.61. The van der Waals surface area contributed by atoms with Crippen molar-refractivity contribution in [2.24, 2.45) is 11.7 Å². The average Bonchev–Trinajstić information content (AvgIpc) is 3.25. The van der Waals surface area contributed by atoms with E-state index in [1.165, 1.54) is 0 Å². The molecule has 1 aliphatic carbocycles. The zero-order chi connectivity index (χ0) is 19.0. The van der Waals surface area contributed by atoms with Gasteiger partial charge in [0.1, 0.15) is 6.10 Å². The SMILES string of the molecule is C[C@@H](O)c1nnc(CC2CC(c3c(C(N)=O)noc3-c3ccccc3)C2)o1. The second-order valence-electron chi connectivity index (χ2n) is 6.95. The van der Waals surface area contributed by atoms with Crippen LogP contribution in [0.4, 0.5) is 0 Å². The molecule has 27 heavy (non-hydrogen) atoms. The van der Waals surface area contributed by atoms with E-state index in [1.54, 1.807) is 6.92 Å². The standard InChI is InChI=1S/C19H20N4O4/c1-10(24)19-22-21-14(26-19)9-11-7-13(8-11)15-16(18(20)25)23-27-17(15)12-5-3-2-4-6-12/h2-6,10-11,13,24H,7-9H2,1H3,(H2,20,25)/t10-,11?,13?/m1/s1. The molecule has 8 nitrogen and oxygen atoms in total. The number of carbonyl (C=O) groups excluding carboxylic acids is 1. The van der Waals surface area contributed by atoms with E-state index in [0.717, 1.165) is 24.0 Å². The van der Waals surface area contributed by atoms with Gasteiger partial charge in [-0.25, -0.2) is 0 Å². The van der Waals surface area contributed by atoms with Crippen LogP contribution < -0.4 is 5.73 Å². The first kappa shape index (κ1) is 17.4. The average molecular weight is 368 g/mol. The summed E-state index contributed by atoms with van der Waals surface area (Å²) >= 11 is 0. The maximum absolute atomic E-state index is 11.8. The molecule has 2 aromatic heterocycles. The van der Waals surface area contributed by atoms with Crippen molar-refractivity contribution in [3.63, 3.8) is 0 Å². The van der Waals surface area contributed by atoms with Crippen molar-refractivity contribution in [1.29, 1.82) is 0 Å². The van der Waals surface area contributed by atoms with Crippen molar-refractivity contribution in [3.05, 3.63) is 53.4 Å². The highest BCUT2D eigenvalue weighted by molar-refractivity contribution is 5.94. The zero-order valence-electron chi connectivity index (χ0n) is 14.8. The number of aromatic nitrogens is 3. The number of primary amides is 1. The van der Waals surface area contributed by atoms with Crippen LogP contribution in [-0.2, 0) is 6.42 Å². The number of benzene rings is 1. The van der Waals surface area contributed by atoms with Crippen molar-refractivity contribution in [1.82, 2.24) is 15.4 Å². The summed E-state index contributed by atoms with van der Waals surface area (Å²) in [6.45, 7) is 1.58. The number of nitrogens with zero attached hydrogens (tertiary/aromatic N) is 3. The molecule has 1 atom stereocenters. The fourth-order valence-corrected chi connectivity index (χ4v) is 3.55. The number of aliphatic hydroxyl groups excluding tert-OH is 1. The Balaban J connectivity index is 1.51. The van der Waals surface area contributed by atoms with E-state index < -0.39 is 12.0 Å². The second kappa shape index (κ2) is 6.96. The summed E-state index contributed by atoms with van der Waals surface area (Å²) in [5.41, 5.74) is 7.34. The van der Waals surface area contributed by atoms with E-state index in [0.29, 0.717) is 24.0 Å². The fourth-order valence-electron chi connectivity index (χ4n) is 3.55. The van der Waals surface area contributed by atoms with Crippen LogP contribution in [0.15, 0.2) is 39.3 Å². The van der Waals surface area contributed by atoms with Crippen LogP contribution in [0, 0.1) is 5.92 Å². The molecule has 2 heterocycles. The number of rotatable bonds is 6. The van der Waals surface area contributed by atoms with Crippen molar-refractivity contribution in [2.45, 2.75) is 38.2 Å². The van der Waals surface area contributed by atoms with Gasteiger partial charge >= 0.3 is 0 Å². The van der Waals surface area contributed by atoms with Crippen LogP contribution in [-0.4, -0.2) is 26.4 Å². The molecule has 3 aromatic rings. The van der Waals surface area contributed by atoms with Crippen LogP contribution >= 0.6 is 0 Å².